The van der Waals surface area contributed by atoms with Gasteiger partial charge >= 0.3 is 0 Å². The highest BCUT2D eigenvalue weighted by molar-refractivity contribution is 5.69. The van der Waals surface area contributed by atoms with Crippen LogP contribution in [-0.2, 0) is 0 Å². The highest BCUT2D eigenvalue weighted by Crippen LogP contribution is 2.33. The number of methoxy groups -OCH3 is 1. The zero-order valence-corrected chi connectivity index (χ0v) is 14.0. The van der Waals surface area contributed by atoms with Crippen molar-refractivity contribution < 1.29 is 14.6 Å². The summed E-state index contributed by atoms with van der Waals surface area (Å²) in [6.45, 7) is 0.388. The number of anilines is 3. The lowest BCUT2D eigenvalue weighted by Gasteiger charge is -2.33. The number of aliphatic hydroxyl groups is 1. The molecule has 1 aromatic carbocycles. The minimum absolute atomic E-state index is 0.0109. The molecular weight excluding hydrogens is 324 g/mol. The van der Waals surface area contributed by atoms with Crippen molar-refractivity contribution in [2.45, 2.75) is 6.04 Å². The topological polar surface area (TPSA) is 118 Å². The van der Waals surface area contributed by atoms with Crippen LogP contribution in [0.2, 0.25) is 0 Å². The van der Waals surface area contributed by atoms with Gasteiger partial charge in [-0.3, -0.25) is 0 Å². The van der Waals surface area contributed by atoms with Gasteiger partial charge in [-0.15, -0.1) is 0 Å². The third kappa shape index (κ3) is 3.41. The highest BCUT2D eigenvalue weighted by atomic mass is 16.5. The van der Waals surface area contributed by atoms with E-state index in [1.165, 1.54) is 6.34 Å². The Bertz CT molecular complexity index is 782. The van der Waals surface area contributed by atoms with Crippen LogP contribution < -0.4 is 25.4 Å². The summed E-state index contributed by atoms with van der Waals surface area (Å²) in [4.78, 5) is 14.7. The predicted molar refractivity (Wildman–Crippen MR) is 95.4 cm³/mol. The van der Waals surface area contributed by atoms with Crippen LogP contribution >= 0.6 is 0 Å². The second-order valence-corrected chi connectivity index (χ2v) is 5.43. The first kappa shape index (κ1) is 16.8. The van der Waals surface area contributed by atoms with Gasteiger partial charge in [-0.1, -0.05) is 0 Å². The molecular formula is C16H20N6O3. The van der Waals surface area contributed by atoms with E-state index in [-0.39, 0.29) is 12.6 Å². The number of ether oxygens (including phenoxy) is 2. The van der Waals surface area contributed by atoms with Crippen molar-refractivity contribution in [3.63, 3.8) is 0 Å². The van der Waals surface area contributed by atoms with Crippen LogP contribution in [0.4, 0.5) is 23.1 Å². The van der Waals surface area contributed by atoms with Crippen LogP contribution in [0.1, 0.15) is 0 Å². The number of aliphatic imine (C=N–C) groups is 1. The van der Waals surface area contributed by atoms with Gasteiger partial charge in [0.1, 0.15) is 18.0 Å². The summed E-state index contributed by atoms with van der Waals surface area (Å²) in [6, 6.07) is 5.25. The molecule has 132 valence electrons. The normalized spacial score (nSPS) is 16.4. The van der Waals surface area contributed by atoms with Gasteiger partial charge in [0.15, 0.2) is 11.6 Å². The fraction of sp³-hybridized carbons (Fsp3) is 0.312. The molecule has 0 radical (unpaired) electrons. The van der Waals surface area contributed by atoms with E-state index in [4.69, 9.17) is 15.2 Å². The van der Waals surface area contributed by atoms with Gasteiger partial charge in [0.05, 0.1) is 32.3 Å². The highest BCUT2D eigenvalue weighted by Gasteiger charge is 2.26. The van der Waals surface area contributed by atoms with Crippen molar-refractivity contribution in [3.05, 3.63) is 24.4 Å². The van der Waals surface area contributed by atoms with Crippen LogP contribution in [0.3, 0.4) is 0 Å². The van der Waals surface area contributed by atoms with Gasteiger partial charge in [0.25, 0.3) is 0 Å². The Morgan fingerprint density at radius 2 is 2.40 bits per heavy atom. The van der Waals surface area contributed by atoms with Gasteiger partial charge < -0.3 is 30.5 Å². The first-order chi connectivity index (χ1) is 12.2. The molecule has 0 spiro atoms. The summed E-state index contributed by atoms with van der Waals surface area (Å²) in [5.74, 6) is 2.19. The zero-order valence-electron chi connectivity index (χ0n) is 14.0. The summed E-state index contributed by atoms with van der Waals surface area (Å²) < 4.78 is 10.9. The summed E-state index contributed by atoms with van der Waals surface area (Å²) in [5, 5.41) is 12.5. The van der Waals surface area contributed by atoms with Crippen LogP contribution in [0.25, 0.3) is 0 Å². The predicted octanol–water partition coefficient (Wildman–Crippen LogP) is 1.04. The fourth-order valence-corrected chi connectivity index (χ4v) is 2.49. The number of likely N-dealkylation sites (N-methyl/N-ethyl adjacent to an activating group) is 1. The van der Waals surface area contributed by atoms with E-state index in [9.17, 15) is 5.11 Å². The average Bonchev–Trinajstić information content (AvgIpc) is 2.64. The largest absolute Gasteiger partial charge is 0.494 e. The number of hydrogen-bond donors (Lipinski definition) is 3. The summed E-state index contributed by atoms with van der Waals surface area (Å²) >= 11 is 0. The van der Waals surface area contributed by atoms with Gasteiger partial charge in [-0.2, -0.15) is 4.98 Å². The lowest BCUT2D eigenvalue weighted by Crippen LogP contribution is -2.43. The van der Waals surface area contributed by atoms with Gasteiger partial charge in [-0.25, -0.2) is 9.98 Å². The maximum atomic E-state index is 9.40. The van der Waals surface area contributed by atoms with Crippen molar-refractivity contribution in [3.8, 4) is 11.5 Å². The standard InChI is InChI=1S/C16H20N6O3/c1-22-11(7-23)8-25-14-6-18-16(21-15(14)22)20-10-3-4-12(19-9-17)13(5-10)24-2/h3-6,9,11,23H,7-8H2,1-2H3,(H2,17,19)(H,18,20,21)/t11-/m0/s1. The van der Waals surface area contributed by atoms with Crippen LogP contribution in [0.15, 0.2) is 29.4 Å². The molecule has 4 N–H and O–H groups in total. The summed E-state index contributed by atoms with van der Waals surface area (Å²) in [5.41, 5.74) is 6.70. The van der Waals surface area contributed by atoms with Crippen molar-refractivity contribution in [2.24, 2.45) is 10.7 Å². The molecule has 1 atom stereocenters. The number of aromatic nitrogens is 2. The van der Waals surface area contributed by atoms with E-state index in [1.54, 1.807) is 25.4 Å². The molecule has 0 saturated heterocycles. The van der Waals surface area contributed by atoms with Crippen LogP contribution in [-0.4, -0.2) is 54.8 Å². The zero-order chi connectivity index (χ0) is 17.8. The molecule has 0 bridgehead atoms. The summed E-state index contributed by atoms with van der Waals surface area (Å²) in [6.07, 6.45) is 2.82. The van der Waals surface area contributed by atoms with E-state index in [1.807, 2.05) is 18.0 Å². The monoisotopic (exact) mass is 344 g/mol. The molecule has 0 fully saturated rings. The Labute approximate surface area is 145 Å². The second-order valence-electron chi connectivity index (χ2n) is 5.43. The summed E-state index contributed by atoms with van der Waals surface area (Å²) in [7, 11) is 3.42. The van der Waals surface area contributed by atoms with Crippen molar-refractivity contribution >= 4 is 29.5 Å². The number of benzene rings is 1. The van der Waals surface area contributed by atoms with E-state index in [0.717, 1.165) is 5.69 Å². The minimum atomic E-state index is -0.135. The molecule has 2 heterocycles. The fourth-order valence-electron chi connectivity index (χ4n) is 2.49. The maximum Gasteiger partial charge on any atom is 0.229 e. The number of nitrogens with one attached hydrogen (secondary N) is 1. The van der Waals surface area contributed by atoms with E-state index in [0.29, 0.717) is 35.6 Å². The quantitative estimate of drug-likeness (QED) is 0.544. The van der Waals surface area contributed by atoms with E-state index in [2.05, 4.69) is 20.3 Å². The Kier molecular flexibility index (Phi) is 4.85. The molecule has 0 amide bonds. The molecule has 1 aliphatic rings. The molecule has 1 aliphatic heterocycles. The lowest BCUT2D eigenvalue weighted by atomic mass is 10.2. The first-order valence-electron chi connectivity index (χ1n) is 7.69. The third-order valence-electron chi connectivity index (χ3n) is 3.91. The molecule has 0 unspecified atom stereocenters. The van der Waals surface area contributed by atoms with Gasteiger partial charge in [0, 0.05) is 18.8 Å². The number of fused-ring (bicyclic) bond motifs is 1. The van der Waals surface area contributed by atoms with Gasteiger partial charge in [0.2, 0.25) is 5.95 Å². The molecule has 9 nitrogen and oxygen atoms in total. The third-order valence-corrected chi connectivity index (χ3v) is 3.91. The molecule has 0 saturated carbocycles. The lowest BCUT2D eigenvalue weighted by molar-refractivity contribution is 0.189. The molecule has 3 rings (SSSR count). The van der Waals surface area contributed by atoms with E-state index >= 15 is 0 Å². The Morgan fingerprint density at radius 3 is 3.12 bits per heavy atom. The first-order valence-corrected chi connectivity index (χ1v) is 7.69. The van der Waals surface area contributed by atoms with Gasteiger partial charge in [-0.05, 0) is 12.1 Å². The van der Waals surface area contributed by atoms with E-state index < -0.39 is 0 Å². The molecule has 1 aromatic heterocycles. The minimum Gasteiger partial charge on any atom is -0.494 e. The average molecular weight is 344 g/mol. The number of aliphatic hydroxyl groups excluding tert-OH is 1. The number of rotatable bonds is 5. The SMILES string of the molecule is COc1cc(Nc2ncc3c(n2)N(C)[C@@H](CO)CO3)ccc1N=CN. The number of nitrogens with two attached hydrogens (primary N) is 1. The van der Waals surface area contributed by atoms with Crippen LogP contribution in [0, 0.1) is 0 Å². The maximum absolute atomic E-state index is 9.40. The smallest absolute Gasteiger partial charge is 0.229 e. The Hall–Kier alpha value is -3.07. The van der Waals surface area contributed by atoms with Crippen molar-refractivity contribution in [2.75, 3.05) is 37.6 Å². The van der Waals surface area contributed by atoms with Crippen LogP contribution in [0.5, 0.6) is 11.5 Å². The second kappa shape index (κ2) is 7.22. The number of hydrogen-bond acceptors (Lipinski definition) is 8. The molecule has 9 heteroatoms. The Balaban J connectivity index is 1.85. The number of nitrogens with zero attached hydrogens (tertiary/aromatic N) is 4. The van der Waals surface area contributed by atoms with Crippen molar-refractivity contribution in [1.82, 2.24) is 9.97 Å². The molecule has 0 aliphatic carbocycles. The Morgan fingerprint density at radius 1 is 1.56 bits per heavy atom. The molecule has 2 aromatic rings. The molecule has 25 heavy (non-hydrogen) atoms. The van der Waals surface area contributed by atoms with Crippen molar-refractivity contribution in [1.29, 1.82) is 0 Å².